The van der Waals surface area contributed by atoms with E-state index in [2.05, 4.69) is 20.9 Å². The summed E-state index contributed by atoms with van der Waals surface area (Å²) in [7, 11) is 0. The van der Waals surface area contributed by atoms with Crippen molar-refractivity contribution in [2.24, 2.45) is 0 Å². The fourth-order valence-electron chi connectivity index (χ4n) is 2.81. The van der Waals surface area contributed by atoms with Crippen LogP contribution in [0.2, 0.25) is 0 Å². The molecule has 114 valence electrons. The third kappa shape index (κ3) is 3.71. The van der Waals surface area contributed by atoms with Crippen molar-refractivity contribution >= 4 is 11.6 Å². The van der Waals surface area contributed by atoms with Crippen LogP contribution in [0.15, 0.2) is 24.5 Å². The molecular formula is C15H22N4O2. The second kappa shape index (κ2) is 6.87. The Balaban J connectivity index is 1.47. The third-order valence-corrected chi connectivity index (χ3v) is 4.11. The van der Waals surface area contributed by atoms with E-state index in [1.54, 1.807) is 6.20 Å². The molecule has 2 aliphatic heterocycles. The van der Waals surface area contributed by atoms with Gasteiger partial charge in [-0.3, -0.25) is 14.7 Å². The third-order valence-electron chi connectivity index (χ3n) is 4.11. The molecule has 2 aliphatic rings. The van der Waals surface area contributed by atoms with Crippen molar-refractivity contribution < 1.29 is 9.53 Å². The van der Waals surface area contributed by atoms with E-state index < -0.39 is 0 Å². The average molecular weight is 290 g/mol. The van der Waals surface area contributed by atoms with Crippen molar-refractivity contribution in [3.05, 3.63) is 24.5 Å². The summed E-state index contributed by atoms with van der Waals surface area (Å²) in [5.74, 6) is 0.239. The number of nitrogens with zero attached hydrogens (tertiary/aromatic N) is 4. The fourth-order valence-corrected chi connectivity index (χ4v) is 2.81. The van der Waals surface area contributed by atoms with Crippen molar-refractivity contribution in [2.45, 2.75) is 0 Å². The van der Waals surface area contributed by atoms with Crippen molar-refractivity contribution in [3.8, 4) is 0 Å². The van der Waals surface area contributed by atoms with Crippen LogP contribution >= 0.6 is 0 Å². The Morgan fingerprint density at radius 2 is 1.90 bits per heavy atom. The molecule has 3 rings (SSSR count). The summed E-state index contributed by atoms with van der Waals surface area (Å²) < 4.78 is 5.31. The lowest BCUT2D eigenvalue weighted by Crippen LogP contribution is -2.52. The Labute approximate surface area is 125 Å². The second-order valence-electron chi connectivity index (χ2n) is 5.47. The predicted octanol–water partition coefficient (Wildman–Crippen LogP) is 0.0624. The highest BCUT2D eigenvalue weighted by Crippen LogP contribution is 2.14. The zero-order chi connectivity index (χ0) is 14.5. The number of anilines is 1. The van der Waals surface area contributed by atoms with Crippen molar-refractivity contribution in [2.75, 3.05) is 63.9 Å². The predicted molar refractivity (Wildman–Crippen MR) is 80.3 cm³/mol. The maximum atomic E-state index is 12.3. The standard InChI is InChI=1S/C15H22N4O2/c20-15(13-17-8-10-21-11-9-17)19-6-4-18(5-7-19)14-2-1-3-16-12-14/h1-3,12H,4-11,13H2. The highest BCUT2D eigenvalue weighted by Gasteiger charge is 2.23. The van der Waals surface area contributed by atoms with Crippen molar-refractivity contribution in [1.29, 1.82) is 0 Å². The van der Waals surface area contributed by atoms with Gasteiger partial charge in [-0.05, 0) is 12.1 Å². The number of carbonyl (C=O) groups is 1. The molecule has 1 aromatic heterocycles. The van der Waals surface area contributed by atoms with E-state index in [-0.39, 0.29) is 5.91 Å². The highest BCUT2D eigenvalue weighted by molar-refractivity contribution is 5.78. The second-order valence-corrected chi connectivity index (χ2v) is 5.47. The number of amides is 1. The van der Waals surface area contributed by atoms with E-state index in [0.29, 0.717) is 6.54 Å². The minimum atomic E-state index is 0.239. The minimum absolute atomic E-state index is 0.239. The summed E-state index contributed by atoms with van der Waals surface area (Å²) in [6.45, 7) is 7.06. The van der Waals surface area contributed by atoms with Crippen molar-refractivity contribution in [3.63, 3.8) is 0 Å². The van der Waals surface area contributed by atoms with Crippen LogP contribution < -0.4 is 4.90 Å². The molecule has 2 fully saturated rings. The topological polar surface area (TPSA) is 48.9 Å². The first-order valence-corrected chi connectivity index (χ1v) is 7.56. The molecule has 0 N–H and O–H groups in total. The monoisotopic (exact) mass is 290 g/mol. The van der Waals surface area contributed by atoms with Gasteiger partial charge in [-0.15, -0.1) is 0 Å². The number of piperazine rings is 1. The Hall–Kier alpha value is -1.66. The zero-order valence-corrected chi connectivity index (χ0v) is 12.3. The summed E-state index contributed by atoms with van der Waals surface area (Å²) in [6.07, 6.45) is 3.66. The van der Waals surface area contributed by atoms with Gasteiger partial charge < -0.3 is 14.5 Å². The van der Waals surface area contributed by atoms with Gasteiger partial charge in [-0.1, -0.05) is 0 Å². The molecule has 6 heteroatoms. The maximum Gasteiger partial charge on any atom is 0.236 e. The molecule has 21 heavy (non-hydrogen) atoms. The molecular weight excluding hydrogens is 268 g/mol. The molecule has 0 atom stereocenters. The minimum Gasteiger partial charge on any atom is -0.379 e. The first-order valence-electron chi connectivity index (χ1n) is 7.56. The quantitative estimate of drug-likeness (QED) is 0.788. The van der Waals surface area contributed by atoms with Crippen LogP contribution in [-0.4, -0.2) is 79.7 Å². The lowest BCUT2D eigenvalue weighted by molar-refractivity contribution is -0.133. The van der Waals surface area contributed by atoms with E-state index in [4.69, 9.17) is 4.74 Å². The van der Waals surface area contributed by atoms with E-state index in [1.165, 1.54) is 0 Å². The van der Waals surface area contributed by atoms with Gasteiger partial charge >= 0.3 is 0 Å². The van der Waals surface area contributed by atoms with Crippen LogP contribution in [0.25, 0.3) is 0 Å². The van der Waals surface area contributed by atoms with Crippen LogP contribution in [0.3, 0.4) is 0 Å². The Morgan fingerprint density at radius 1 is 1.14 bits per heavy atom. The molecule has 1 aromatic rings. The Kier molecular flexibility index (Phi) is 4.67. The SMILES string of the molecule is O=C(CN1CCOCC1)N1CCN(c2cccnc2)CC1. The molecule has 0 aromatic carbocycles. The number of hydrogen-bond donors (Lipinski definition) is 0. The van der Waals surface area contributed by atoms with Gasteiger partial charge in [0.05, 0.1) is 31.6 Å². The number of carbonyl (C=O) groups excluding carboxylic acids is 1. The normalized spacial score (nSPS) is 20.6. The number of pyridine rings is 1. The van der Waals surface area contributed by atoms with Gasteiger partial charge in [0.1, 0.15) is 0 Å². The molecule has 6 nitrogen and oxygen atoms in total. The van der Waals surface area contributed by atoms with Crippen LogP contribution in [0.1, 0.15) is 0 Å². The molecule has 1 amide bonds. The average Bonchev–Trinajstić information content (AvgIpc) is 2.57. The zero-order valence-electron chi connectivity index (χ0n) is 12.3. The lowest BCUT2D eigenvalue weighted by atomic mass is 10.2. The number of hydrogen-bond acceptors (Lipinski definition) is 5. The number of morpholine rings is 1. The molecule has 2 saturated heterocycles. The van der Waals surface area contributed by atoms with E-state index in [9.17, 15) is 4.79 Å². The summed E-state index contributed by atoms with van der Waals surface area (Å²) in [4.78, 5) is 22.9. The fraction of sp³-hybridized carbons (Fsp3) is 0.600. The lowest BCUT2D eigenvalue weighted by Gasteiger charge is -2.37. The smallest absolute Gasteiger partial charge is 0.236 e. The molecule has 0 aliphatic carbocycles. The van der Waals surface area contributed by atoms with Gasteiger partial charge in [0, 0.05) is 45.5 Å². The van der Waals surface area contributed by atoms with Crippen LogP contribution in [0.4, 0.5) is 5.69 Å². The van der Waals surface area contributed by atoms with Gasteiger partial charge in [0.25, 0.3) is 0 Å². The maximum absolute atomic E-state index is 12.3. The van der Waals surface area contributed by atoms with Gasteiger partial charge in [-0.25, -0.2) is 0 Å². The molecule has 0 saturated carbocycles. The first-order chi connectivity index (χ1) is 10.3. The Bertz CT molecular complexity index is 454. The van der Waals surface area contributed by atoms with Crippen LogP contribution in [-0.2, 0) is 9.53 Å². The molecule has 3 heterocycles. The molecule has 0 unspecified atom stereocenters. The summed E-state index contributed by atoms with van der Waals surface area (Å²) in [5.41, 5.74) is 1.14. The number of aromatic nitrogens is 1. The summed E-state index contributed by atoms with van der Waals surface area (Å²) >= 11 is 0. The summed E-state index contributed by atoms with van der Waals surface area (Å²) in [6, 6.07) is 4.02. The van der Waals surface area contributed by atoms with E-state index in [0.717, 1.165) is 58.2 Å². The van der Waals surface area contributed by atoms with Gasteiger partial charge in [0.2, 0.25) is 5.91 Å². The van der Waals surface area contributed by atoms with Crippen molar-refractivity contribution in [1.82, 2.24) is 14.8 Å². The molecule has 0 bridgehead atoms. The molecule has 0 spiro atoms. The molecule has 0 radical (unpaired) electrons. The largest absolute Gasteiger partial charge is 0.379 e. The summed E-state index contributed by atoms with van der Waals surface area (Å²) in [5, 5.41) is 0. The van der Waals surface area contributed by atoms with Crippen LogP contribution in [0.5, 0.6) is 0 Å². The van der Waals surface area contributed by atoms with Gasteiger partial charge in [0.15, 0.2) is 0 Å². The number of ether oxygens (including phenoxy) is 1. The highest BCUT2D eigenvalue weighted by atomic mass is 16.5. The van der Waals surface area contributed by atoms with Gasteiger partial charge in [-0.2, -0.15) is 0 Å². The van der Waals surface area contributed by atoms with Crippen LogP contribution in [0, 0.1) is 0 Å². The number of rotatable bonds is 3. The first kappa shape index (κ1) is 14.3. The van der Waals surface area contributed by atoms with E-state index >= 15 is 0 Å². The van der Waals surface area contributed by atoms with E-state index in [1.807, 2.05) is 17.2 Å². The Morgan fingerprint density at radius 3 is 2.57 bits per heavy atom.